The highest BCUT2D eigenvalue weighted by Gasteiger charge is 2.42. The highest BCUT2D eigenvalue weighted by molar-refractivity contribution is 5.88. The molecule has 4 N–H and O–H groups in total. The second-order valence-electron chi connectivity index (χ2n) is 22.9. The zero-order valence-corrected chi connectivity index (χ0v) is 46.5. The number of methoxy groups -OCH3 is 2. The SMILES string of the molecule is COC(=O)N[C@H](C(=O)N1CCC[C@H]1c1cc2cc([C@H]3CC[C@H](c4cc5[nH]c([C@@H]6CCCN6C(=O)[C@@H](NC(=O)OC)C(C)C)nc5cc4F)N3c3cc(F)c(N4CCC(c5ccc6ccccc6c5)CC4)c(F)c3)c(F)cc2[nH]1)C(C)C. The van der Waals surface area contributed by atoms with Crippen LogP contribution in [0, 0.1) is 35.1 Å². The lowest BCUT2D eigenvalue weighted by Gasteiger charge is -2.36. The van der Waals surface area contributed by atoms with Crippen molar-refractivity contribution in [1.29, 1.82) is 0 Å². The molecular weight excluding hydrogens is 1040 g/mol. The van der Waals surface area contributed by atoms with Gasteiger partial charge in [0, 0.05) is 65.7 Å². The molecule has 0 bridgehead atoms. The molecular formula is C62H69F4N9O6. The first-order valence-electron chi connectivity index (χ1n) is 28.3. The standard InChI is InChI=1S/C62H69F4N9O6/c1-33(2)55(70-61(78)80-5)59(76)73-21-9-13-53(73)50-27-39-26-41(43(63)31-47(39)67-50)51-17-18-52(42-30-48-49(32-44(42)64)69-58(68-48)54-14-10-22-74(54)60(77)56(34(3)4)71-62(79)81-6)75(51)40-28-45(65)57(46(66)29-40)72-23-19-36(20-24-72)38-16-15-35-11-7-8-12-37(35)25-38/h7-8,11-12,15-16,25-34,36,51-56,67H,9-10,13-14,17-24H2,1-6H3,(H,68,69)(H,70,78)(H,71,79)/t51-,52-,53+,54+,55+,56+/m1/s1. The van der Waals surface area contributed by atoms with E-state index in [0.29, 0.717) is 98.2 Å². The molecule has 5 aromatic carbocycles. The number of nitrogens with zero attached hydrogens (tertiary/aromatic N) is 5. The fraction of sp³-hybridized carbons (Fsp3) is 0.435. The number of likely N-dealkylation sites (tertiary alicyclic amines) is 2. The Labute approximate surface area is 467 Å². The summed E-state index contributed by atoms with van der Waals surface area (Å²) in [6.07, 6.45) is 3.08. The van der Waals surface area contributed by atoms with Crippen LogP contribution in [0.4, 0.5) is 38.5 Å². The van der Waals surface area contributed by atoms with Gasteiger partial charge in [0.05, 0.1) is 49.4 Å². The number of amides is 4. The first kappa shape index (κ1) is 55.1. The second-order valence-corrected chi connectivity index (χ2v) is 22.9. The molecule has 0 radical (unpaired) electrons. The number of imidazole rings is 1. The minimum absolute atomic E-state index is 0.118. The van der Waals surface area contributed by atoms with E-state index in [0.717, 1.165) is 10.8 Å². The smallest absolute Gasteiger partial charge is 0.407 e. The van der Waals surface area contributed by atoms with Crippen molar-refractivity contribution >= 4 is 68.1 Å². The number of nitrogens with one attached hydrogen (secondary N) is 4. The summed E-state index contributed by atoms with van der Waals surface area (Å²) in [6.45, 7) is 9.06. The number of anilines is 2. The van der Waals surface area contributed by atoms with Crippen LogP contribution in [-0.2, 0) is 19.1 Å². The quantitative estimate of drug-likeness (QED) is 0.0822. The normalized spacial score (nSPS) is 20.5. The molecule has 426 valence electrons. The lowest BCUT2D eigenvalue weighted by Crippen LogP contribution is -2.51. The van der Waals surface area contributed by atoms with Gasteiger partial charge in [-0.3, -0.25) is 9.59 Å². The molecule has 6 atom stereocenters. The van der Waals surface area contributed by atoms with E-state index in [1.165, 1.54) is 44.0 Å². The molecule has 0 spiro atoms. The van der Waals surface area contributed by atoms with Crippen molar-refractivity contribution in [3.63, 3.8) is 0 Å². The van der Waals surface area contributed by atoms with Crippen LogP contribution in [0.5, 0.6) is 0 Å². The van der Waals surface area contributed by atoms with E-state index in [4.69, 9.17) is 14.5 Å². The fourth-order valence-electron chi connectivity index (χ4n) is 13.2. The van der Waals surface area contributed by atoms with Gasteiger partial charge in [0.25, 0.3) is 0 Å². The summed E-state index contributed by atoms with van der Waals surface area (Å²) in [5, 5.41) is 8.28. The Kier molecular flexibility index (Phi) is 15.4. The maximum atomic E-state index is 17.1. The topological polar surface area (TPSA) is 168 Å². The number of ether oxygens (including phenoxy) is 2. The van der Waals surface area contributed by atoms with E-state index in [2.05, 4.69) is 50.9 Å². The Bertz CT molecular complexity index is 3370. The van der Waals surface area contributed by atoms with Crippen LogP contribution in [-0.4, -0.2) is 101 Å². The molecule has 4 saturated heterocycles. The van der Waals surface area contributed by atoms with Crippen LogP contribution < -0.4 is 20.4 Å². The van der Waals surface area contributed by atoms with Crippen molar-refractivity contribution in [2.24, 2.45) is 11.8 Å². The number of aromatic amines is 2. The summed E-state index contributed by atoms with van der Waals surface area (Å²) in [6, 6.07) is 20.9. The molecule has 81 heavy (non-hydrogen) atoms. The number of hydrogen-bond acceptors (Lipinski definition) is 9. The number of hydrogen-bond donors (Lipinski definition) is 4. The minimum atomic E-state index is -0.858. The molecule has 7 aromatic rings. The molecule has 2 aromatic heterocycles. The van der Waals surface area contributed by atoms with Crippen molar-refractivity contribution in [3.8, 4) is 0 Å². The number of H-pyrrole nitrogens is 2. The predicted octanol–water partition coefficient (Wildman–Crippen LogP) is 12.3. The van der Waals surface area contributed by atoms with E-state index in [-0.39, 0.29) is 64.9 Å². The third kappa shape index (κ3) is 10.6. The molecule has 0 saturated carbocycles. The highest BCUT2D eigenvalue weighted by Crippen LogP contribution is 2.50. The average molecular weight is 1110 g/mol. The Morgan fingerprint density at radius 3 is 1.78 bits per heavy atom. The van der Waals surface area contributed by atoms with Crippen molar-refractivity contribution in [3.05, 3.63) is 136 Å². The lowest BCUT2D eigenvalue weighted by atomic mass is 9.88. The van der Waals surface area contributed by atoms with E-state index in [1.54, 1.807) is 31.7 Å². The number of halogens is 4. The maximum absolute atomic E-state index is 17.1. The molecule has 0 aliphatic carbocycles. The van der Waals surface area contributed by atoms with Gasteiger partial charge in [-0.1, -0.05) is 70.2 Å². The van der Waals surface area contributed by atoms with Gasteiger partial charge < -0.3 is 49.7 Å². The Hall–Kier alpha value is -7.83. The van der Waals surface area contributed by atoms with E-state index < -0.39 is 71.7 Å². The number of piperidine rings is 1. The summed E-state index contributed by atoms with van der Waals surface area (Å²) in [4.78, 5) is 71.0. The van der Waals surface area contributed by atoms with Crippen molar-refractivity contribution in [1.82, 2.24) is 35.4 Å². The second kappa shape index (κ2) is 22.6. The Morgan fingerprint density at radius 1 is 0.580 bits per heavy atom. The first-order valence-corrected chi connectivity index (χ1v) is 28.3. The predicted molar refractivity (Wildman–Crippen MR) is 302 cm³/mol. The van der Waals surface area contributed by atoms with Gasteiger partial charge in [-0.15, -0.1) is 0 Å². The molecule has 6 heterocycles. The summed E-state index contributed by atoms with van der Waals surface area (Å²) in [5.41, 5.74) is 3.58. The van der Waals surface area contributed by atoms with Gasteiger partial charge in [0.2, 0.25) is 11.8 Å². The molecule has 4 amide bonds. The minimum Gasteiger partial charge on any atom is -0.453 e. The largest absolute Gasteiger partial charge is 0.453 e. The summed E-state index contributed by atoms with van der Waals surface area (Å²) < 4.78 is 77.8. The summed E-state index contributed by atoms with van der Waals surface area (Å²) in [5.74, 6) is -3.15. The van der Waals surface area contributed by atoms with Gasteiger partial charge in [-0.2, -0.15) is 0 Å². The summed E-state index contributed by atoms with van der Waals surface area (Å²) in [7, 11) is 2.48. The zero-order valence-electron chi connectivity index (χ0n) is 46.5. The van der Waals surface area contributed by atoms with E-state index in [1.807, 2.05) is 45.9 Å². The van der Waals surface area contributed by atoms with Crippen LogP contribution in [0.25, 0.3) is 32.7 Å². The van der Waals surface area contributed by atoms with Crippen LogP contribution in [0.2, 0.25) is 0 Å². The van der Waals surface area contributed by atoms with Crippen LogP contribution >= 0.6 is 0 Å². The van der Waals surface area contributed by atoms with Gasteiger partial charge in [0.15, 0.2) is 11.6 Å². The number of carbonyl (C=O) groups is 4. The van der Waals surface area contributed by atoms with Crippen LogP contribution in [0.3, 0.4) is 0 Å². The summed E-state index contributed by atoms with van der Waals surface area (Å²) >= 11 is 0. The van der Waals surface area contributed by atoms with Gasteiger partial charge in [0.1, 0.15) is 35.2 Å². The lowest BCUT2D eigenvalue weighted by molar-refractivity contribution is -0.136. The maximum Gasteiger partial charge on any atom is 0.407 e. The zero-order chi connectivity index (χ0) is 57.0. The fourth-order valence-corrected chi connectivity index (χ4v) is 13.2. The molecule has 4 fully saturated rings. The molecule has 11 rings (SSSR count). The van der Waals surface area contributed by atoms with Crippen molar-refractivity contribution in [2.75, 3.05) is 50.2 Å². The van der Waals surface area contributed by atoms with Crippen molar-refractivity contribution < 1.29 is 46.2 Å². The molecule has 15 nitrogen and oxygen atoms in total. The monoisotopic (exact) mass is 1110 g/mol. The van der Waals surface area contributed by atoms with Crippen molar-refractivity contribution in [2.45, 2.75) is 121 Å². The number of aromatic nitrogens is 3. The Morgan fingerprint density at radius 2 is 1.16 bits per heavy atom. The average Bonchev–Trinajstić information content (AvgIpc) is 4.20. The molecule has 4 aliphatic heterocycles. The van der Waals surface area contributed by atoms with Gasteiger partial charge in [-0.05, 0) is 122 Å². The third-order valence-corrected chi connectivity index (χ3v) is 17.4. The highest BCUT2D eigenvalue weighted by atomic mass is 19.1. The van der Waals surface area contributed by atoms with E-state index >= 15 is 17.6 Å². The first-order chi connectivity index (χ1) is 39.0. The number of rotatable bonds is 13. The number of benzene rings is 5. The number of carbonyl (C=O) groups excluding carboxylic acids is 4. The van der Waals surface area contributed by atoms with Crippen LogP contribution in [0.1, 0.15) is 137 Å². The number of fused-ring (bicyclic) bond motifs is 3. The number of alkyl carbamates (subject to hydrolysis) is 2. The Balaban J connectivity index is 0.927. The van der Waals surface area contributed by atoms with Gasteiger partial charge >= 0.3 is 12.2 Å². The van der Waals surface area contributed by atoms with E-state index in [9.17, 15) is 19.2 Å². The third-order valence-electron chi connectivity index (χ3n) is 17.4. The molecule has 19 heteroatoms. The van der Waals surface area contributed by atoms with Gasteiger partial charge in [-0.25, -0.2) is 32.1 Å². The van der Waals surface area contributed by atoms with Crippen LogP contribution in [0.15, 0.2) is 84.9 Å². The molecule has 4 aliphatic rings. The molecule has 0 unspecified atom stereocenters.